The number of hydrogen-bond acceptors (Lipinski definition) is 0. The van der Waals surface area contributed by atoms with Crippen molar-refractivity contribution in [2.45, 2.75) is 25.2 Å². The quantitative estimate of drug-likeness (QED) is 0.553. The summed E-state index contributed by atoms with van der Waals surface area (Å²) in [6.07, 6.45) is 0. The Kier molecular flexibility index (Phi) is 3.23. The molecule has 0 saturated carbocycles. The van der Waals surface area contributed by atoms with E-state index in [9.17, 15) is 0 Å². The van der Waals surface area contributed by atoms with E-state index < -0.39 is 0 Å². The van der Waals surface area contributed by atoms with Gasteiger partial charge in [0.1, 0.15) is 0 Å². The minimum atomic E-state index is -0.174. The van der Waals surface area contributed by atoms with Gasteiger partial charge in [0.25, 0.3) is 0 Å². The second-order valence-corrected chi connectivity index (χ2v) is 8.39. The molecule has 0 heterocycles. The summed E-state index contributed by atoms with van der Waals surface area (Å²) in [5.74, 6) is 0.814. The molecule has 1 heteroatoms. The van der Waals surface area contributed by atoms with Crippen molar-refractivity contribution in [1.82, 2.24) is 0 Å². The monoisotopic (exact) mass is 388 g/mol. The van der Waals surface area contributed by atoms with Crippen LogP contribution < -0.4 is 0 Å². The Morgan fingerprint density at radius 3 is 1.44 bits per heavy atom. The predicted molar refractivity (Wildman–Crippen MR) is 106 cm³/mol. The molecule has 3 aliphatic carbocycles. The second kappa shape index (κ2) is 5.27. The second-order valence-electron chi connectivity index (χ2n) is 7.46. The molecule has 0 radical (unpaired) electrons. The molecule has 0 unspecified atom stereocenters. The summed E-state index contributed by atoms with van der Waals surface area (Å²) in [6.45, 7) is 4.60. The zero-order chi connectivity index (χ0) is 17.2. The van der Waals surface area contributed by atoms with Crippen molar-refractivity contribution in [3.8, 4) is 0 Å². The molecule has 0 N–H and O–H groups in total. The first kappa shape index (κ1) is 15.3. The molecule has 0 aromatic heterocycles. The van der Waals surface area contributed by atoms with E-state index in [1.54, 1.807) is 0 Å². The molecule has 122 valence electrons. The summed E-state index contributed by atoms with van der Waals surface area (Å²) in [5.41, 5.74) is 8.60. The summed E-state index contributed by atoms with van der Waals surface area (Å²) in [6, 6.07) is 27.2. The van der Waals surface area contributed by atoms with Crippen molar-refractivity contribution >= 4 is 20.0 Å². The molecular formula is C24H20Se. The topological polar surface area (TPSA) is 0 Å². The van der Waals surface area contributed by atoms with Crippen molar-refractivity contribution in [1.29, 1.82) is 0 Å². The fourth-order valence-corrected chi connectivity index (χ4v) is 5.73. The molecule has 3 aromatic carbocycles. The summed E-state index contributed by atoms with van der Waals surface area (Å²) in [5, 5.41) is 0. The number of rotatable bonds is 2. The van der Waals surface area contributed by atoms with Crippen LogP contribution in [0.25, 0.3) is 0 Å². The van der Waals surface area contributed by atoms with Crippen LogP contribution in [-0.2, 0) is 5.41 Å². The molecule has 0 spiro atoms. The molecule has 2 bridgehead atoms. The zero-order valence-corrected chi connectivity index (χ0v) is 16.2. The van der Waals surface area contributed by atoms with Crippen LogP contribution in [0.3, 0.4) is 0 Å². The van der Waals surface area contributed by atoms with Gasteiger partial charge in [-0.25, -0.2) is 0 Å². The van der Waals surface area contributed by atoms with E-state index in [1.165, 1.54) is 37.8 Å². The molecule has 25 heavy (non-hydrogen) atoms. The molecular weight excluding hydrogens is 367 g/mol. The molecule has 0 aliphatic heterocycles. The van der Waals surface area contributed by atoms with Gasteiger partial charge in [-0.1, -0.05) is 0 Å². The number of hydrogen-bond donors (Lipinski definition) is 0. The first-order chi connectivity index (χ1) is 12.2. The van der Waals surface area contributed by atoms with Crippen molar-refractivity contribution in [2.75, 3.05) is 0 Å². The summed E-state index contributed by atoms with van der Waals surface area (Å²) < 4.78 is 1.41. The molecule has 3 aliphatic rings. The van der Waals surface area contributed by atoms with E-state index >= 15 is 0 Å². The number of benzene rings is 3. The molecule has 0 fully saturated rings. The third kappa shape index (κ3) is 1.76. The average Bonchev–Trinajstić information content (AvgIpc) is 2.67. The van der Waals surface area contributed by atoms with E-state index in [4.69, 9.17) is 0 Å². The van der Waals surface area contributed by atoms with Gasteiger partial charge in [-0.05, 0) is 0 Å². The van der Waals surface area contributed by atoms with Crippen LogP contribution in [0.5, 0.6) is 0 Å². The van der Waals surface area contributed by atoms with Crippen molar-refractivity contribution in [2.24, 2.45) is 5.92 Å². The Morgan fingerprint density at radius 1 is 0.720 bits per heavy atom. The zero-order valence-electron chi connectivity index (χ0n) is 14.5. The van der Waals surface area contributed by atoms with E-state index in [2.05, 4.69) is 102 Å². The molecule has 0 atom stereocenters. The van der Waals surface area contributed by atoms with Crippen molar-refractivity contribution in [3.63, 3.8) is 0 Å². The van der Waals surface area contributed by atoms with Crippen LogP contribution in [0.2, 0.25) is 0 Å². The van der Waals surface area contributed by atoms with Gasteiger partial charge in [0, 0.05) is 0 Å². The maximum absolute atomic E-state index is 3.50. The average molecular weight is 387 g/mol. The van der Waals surface area contributed by atoms with Crippen molar-refractivity contribution < 1.29 is 0 Å². The Balaban J connectivity index is 2.01. The molecule has 3 aromatic rings. The fraction of sp³-hybridized carbons (Fsp3) is 0.208. The van der Waals surface area contributed by atoms with Gasteiger partial charge in [-0.2, -0.15) is 0 Å². The molecule has 6 rings (SSSR count). The molecule has 0 nitrogen and oxygen atoms in total. The van der Waals surface area contributed by atoms with Crippen LogP contribution in [-0.4, -0.2) is 20.0 Å². The Bertz CT molecular complexity index is 896. The molecule has 0 saturated heterocycles. The Morgan fingerprint density at radius 2 is 1.08 bits per heavy atom. The van der Waals surface area contributed by atoms with E-state index in [0.717, 1.165) is 0 Å². The van der Waals surface area contributed by atoms with Crippen LogP contribution >= 0.6 is 0 Å². The van der Waals surface area contributed by atoms with Crippen LogP contribution in [0.1, 0.15) is 53.1 Å². The van der Waals surface area contributed by atoms with E-state index in [-0.39, 0.29) is 5.41 Å². The van der Waals surface area contributed by atoms with Gasteiger partial charge < -0.3 is 0 Å². The standard InChI is InChI=1S/C24H20Se/c1-15(2)23(25)24-19-12-6-3-9-16(19)22(17-10-4-7-13-20(17)24)18-11-5-8-14-21(18)24/h3-15,22H,1-2H3. The Hall–Kier alpha value is -1.95. The molecule has 0 amide bonds. The minimum absolute atomic E-state index is 0.174. The maximum atomic E-state index is 3.50. The summed E-state index contributed by atoms with van der Waals surface area (Å²) in [4.78, 5) is 0. The van der Waals surface area contributed by atoms with Crippen LogP contribution in [0.4, 0.5) is 0 Å². The van der Waals surface area contributed by atoms with Gasteiger partial charge in [0.2, 0.25) is 0 Å². The predicted octanol–water partition coefficient (Wildman–Crippen LogP) is 4.82. The fourth-order valence-electron chi connectivity index (χ4n) is 5.04. The third-order valence-corrected chi connectivity index (χ3v) is 7.55. The van der Waals surface area contributed by atoms with Crippen molar-refractivity contribution in [3.05, 3.63) is 106 Å². The van der Waals surface area contributed by atoms with Gasteiger partial charge >= 0.3 is 157 Å². The van der Waals surface area contributed by atoms with E-state index in [1.807, 2.05) is 0 Å². The third-order valence-electron chi connectivity index (χ3n) is 5.92. The van der Waals surface area contributed by atoms with Gasteiger partial charge in [0.15, 0.2) is 0 Å². The first-order valence-electron chi connectivity index (χ1n) is 9.00. The van der Waals surface area contributed by atoms with Gasteiger partial charge in [-0.15, -0.1) is 0 Å². The first-order valence-corrected chi connectivity index (χ1v) is 9.85. The Labute approximate surface area is 157 Å². The van der Waals surface area contributed by atoms with E-state index in [0.29, 0.717) is 11.8 Å². The summed E-state index contributed by atoms with van der Waals surface area (Å²) in [7, 11) is 0. The van der Waals surface area contributed by atoms with Crippen LogP contribution in [0.15, 0.2) is 72.8 Å². The van der Waals surface area contributed by atoms with Crippen LogP contribution in [0, 0.1) is 5.92 Å². The van der Waals surface area contributed by atoms with Gasteiger partial charge in [-0.3, -0.25) is 0 Å². The normalized spacial score (nSPS) is 22.3. The van der Waals surface area contributed by atoms with Gasteiger partial charge in [0.05, 0.1) is 0 Å². The SMILES string of the molecule is CC(C)C(=[Se])C12c3ccccc3C(c3ccccc31)c1ccccc12. The summed E-state index contributed by atoms with van der Waals surface area (Å²) >= 11 is 3.50.